The maximum absolute atomic E-state index is 13.3. The molecule has 0 saturated heterocycles. The van der Waals surface area contributed by atoms with Crippen LogP contribution in [0.3, 0.4) is 0 Å². The highest BCUT2D eigenvalue weighted by atomic mass is 79.9. The lowest BCUT2D eigenvalue weighted by Gasteiger charge is -2.10. The van der Waals surface area contributed by atoms with Crippen LogP contribution in [-0.4, -0.2) is 12.8 Å². The predicted octanol–water partition coefficient (Wildman–Crippen LogP) is 3.40. The first-order chi connectivity index (χ1) is 7.35. The van der Waals surface area contributed by atoms with Gasteiger partial charge in [0.05, 0.1) is 10.0 Å². The number of halogens is 5. The minimum absolute atomic E-state index is 0.0168. The molecule has 1 rings (SSSR count). The summed E-state index contributed by atoms with van der Waals surface area (Å²) >= 11 is 2.75. The molecule has 0 saturated carbocycles. The van der Waals surface area contributed by atoms with Gasteiger partial charge in [-0.3, -0.25) is 0 Å². The molecule has 0 aromatic heterocycles. The Morgan fingerprint density at radius 3 is 2.50 bits per heavy atom. The Balaban J connectivity index is 2.92. The molecule has 0 spiro atoms. The van der Waals surface area contributed by atoms with E-state index >= 15 is 0 Å². The Hall–Kier alpha value is -1.29. The second kappa shape index (κ2) is 4.70. The first-order valence-electron chi connectivity index (χ1n) is 3.93. The Morgan fingerprint density at radius 1 is 1.38 bits per heavy atom. The highest BCUT2D eigenvalue weighted by Crippen LogP contribution is 2.29. The number of hydrogen-bond acceptors (Lipinski definition) is 2. The summed E-state index contributed by atoms with van der Waals surface area (Å²) in [6, 6.07) is 3.81. The SMILES string of the molecule is N#Cc1ccc(OCC(F)(F)F)c(F)c1Br. The van der Waals surface area contributed by atoms with E-state index in [-0.39, 0.29) is 10.0 Å². The van der Waals surface area contributed by atoms with Crippen LogP contribution in [0, 0.1) is 17.1 Å². The Morgan fingerprint density at radius 2 is 2.00 bits per heavy atom. The normalized spacial score (nSPS) is 11.0. The summed E-state index contributed by atoms with van der Waals surface area (Å²) in [6.07, 6.45) is -4.53. The molecule has 2 nitrogen and oxygen atoms in total. The highest BCUT2D eigenvalue weighted by Gasteiger charge is 2.29. The average Bonchev–Trinajstić information content (AvgIpc) is 2.19. The van der Waals surface area contributed by atoms with Crippen LogP contribution in [0.1, 0.15) is 5.56 Å². The van der Waals surface area contributed by atoms with Crippen molar-refractivity contribution in [1.29, 1.82) is 5.26 Å². The largest absolute Gasteiger partial charge is 0.481 e. The molecular weight excluding hydrogens is 294 g/mol. The topological polar surface area (TPSA) is 33.0 Å². The monoisotopic (exact) mass is 297 g/mol. The lowest BCUT2D eigenvalue weighted by atomic mass is 10.2. The van der Waals surface area contributed by atoms with Gasteiger partial charge in [-0.2, -0.15) is 18.4 Å². The summed E-state index contributed by atoms with van der Waals surface area (Å²) in [5.41, 5.74) is -0.0168. The van der Waals surface area contributed by atoms with Gasteiger partial charge in [0.2, 0.25) is 0 Å². The van der Waals surface area contributed by atoms with Crippen LogP contribution in [-0.2, 0) is 0 Å². The number of alkyl halides is 3. The van der Waals surface area contributed by atoms with Crippen molar-refractivity contribution in [2.75, 3.05) is 6.61 Å². The minimum atomic E-state index is -4.53. The third-order valence-corrected chi connectivity index (χ3v) is 2.33. The molecule has 0 bridgehead atoms. The number of hydrogen-bond donors (Lipinski definition) is 0. The molecule has 86 valence electrons. The van der Waals surface area contributed by atoms with Gasteiger partial charge < -0.3 is 4.74 Å². The van der Waals surface area contributed by atoms with Crippen molar-refractivity contribution >= 4 is 15.9 Å². The molecule has 1 aromatic rings. The van der Waals surface area contributed by atoms with Crippen LogP contribution >= 0.6 is 15.9 Å². The van der Waals surface area contributed by atoms with Crippen molar-refractivity contribution in [1.82, 2.24) is 0 Å². The molecule has 0 unspecified atom stereocenters. The molecule has 0 aliphatic carbocycles. The molecule has 0 N–H and O–H groups in total. The van der Waals surface area contributed by atoms with Crippen molar-refractivity contribution in [3.8, 4) is 11.8 Å². The third-order valence-electron chi connectivity index (χ3n) is 1.56. The summed E-state index contributed by atoms with van der Waals surface area (Å²) < 4.78 is 52.8. The predicted molar refractivity (Wildman–Crippen MR) is 50.4 cm³/mol. The van der Waals surface area contributed by atoms with Gasteiger partial charge in [0, 0.05) is 0 Å². The maximum Gasteiger partial charge on any atom is 0.422 e. The molecule has 0 atom stereocenters. The molecule has 16 heavy (non-hydrogen) atoms. The van der Waals surface area contributed by atoms with E-state index in [4.69, 9.17) is 5.26 Å². The highest BCUT2D eigenvalue weighted by molar-refractivity contribution is 9.10. The number of nitrogens with zero attached hydrogens (tertiary/aromatic N) is 1. The molecular formula is C9H4BrF4NO. The zero-order valence-electron chi connectivity index (χ0n) is 7.61. The van der Waals surface area contributed by atoms with Crippen LogP contribution in [0.5, 0.6) is 5.75 Å². The van der Waals surface area contributed by atoms with E-state index in [2.05, 4.69) is 20.7 Å². The van der Waals surface area contributed by atoms with Gasteiger partial charge in [0.15, 0.2) is 18.2 Å². The molecule has 0 aliphatic heterocycles. The first kappa shape index (κ1) is 12.8. The molecule has 0 radical (unpaired) electrons. The molecule has 0 amide bonds. The first-order valence-corrected chi connectivity index (χ1v) is 4.72. The maximum atomic E-state index is 13.3. The number of rotatable bonds is 2. The number of ether oxygens (including phenoxy) is 1. The van der Waals surface area contributed by atoms with Crippen LogP contribution in [0.2, 0.25) is 0 Å². The second-order valence-corrected chi connectivity index (χ2v) is 3.55. The standard InChI is InChI=1S/C9H4BrF4NO/c10-7-5(3-15)1-2-6(8(7)11)16-4-9(12,13)14/h1-2H,4H2. The van der Waals surface area contributed by atoms with E-state index in [9.17, 15) is 17.6 Å². The van der Waals surface area contributed by atoms with E-state index < -0.39 is 24.3 Å². The molecule has 0 fully saturated rings. The lowest BCUT2D eigenvalue weighted by molar-refractivity contribution is -0.153. The van der Waals surface area contributed by atoms with E-state index in [1.165, 1.54) is 6.07 Å². The fourth-order valence-corrected chi connectivity index (χ4v) is 1.31. The van der Waals surface area contributed by atoms with E-state index in [0.29, 0.717) is 0 Å². The molecule has 0 aliphatic rings. The summed E-state index contributed by atoms with van der Waals surface area (Å²) in [5, 5.41) is 8.53. The van der Waals surface area contributed by atoms with Gasteiger partial charge in [-0.15, -0.1) is 0 Å². The van der Waals surface area contributed by atoms with Crippen LogP contribution in [0.25, 0.3) is 0 Å². The van der Waals surface area contributed by atoms with Gasteiger partial charge in [-0.05, 0) is 28.1 Å². The molecule has 0 heterocycles. The van der Waals surface area contributed by atoms with Crippen molar-refractivity contribution in [3.05, 3.63) is 28.0 Å². The quantitative estimate of drug-likeness (QED) is 0.784. The van der Waals surface area contributed by atoms with Gasteiger partial charge in [-0.1, -0.05) is 0 Å². The van der Waals surface area contributed by atoms with Gasteiger partial charge in [0.1, 0.15) is 6.07 Å². The average molecular weight is 298 g/mol. The zero-order valence-corrected chi connectivity index (χ0v) is 9.19. The van der Waals surface area contributed by atoms with E-state index in [0.717, 1.165) is 6.07 Å². The molecule has 1 aromatic carbocycles. The van der Waals surface area contributed by atoms with Gasteiger partial charge in [-0.25, -0.2) is 4.39 Å². The van der Waals surface area contributed by atoms with Crippen LogP contribution in [0.15, 0.2) is 16.6 Å². The Bertz CT molecular complexity index is 438. The summed E-state index contributed by atoms with van der Waals surface area (Å²) in [5.74, 6) is -1.58. The fraction of sp³-hybridized carbons (Fsp3) is 0.222. The summed E-state index contributed by atoms with van der Waals surface area (Å²) in [4.78, 5) is 0. The smallest absolute Gasteiger partial charge is 0.422 e. The second-order valence-electron chi connectivity index (χ2n) is 2.75. The summed E-state index contributed by atoms with van der Waals surface area (Å²) in [7, 11) is 0. The zero-order chi connectivity index (χ0) is 12.3. The van der Waals surface area contributed by atoms with Gasteiger partial charge >= 0.3 is 6.18 Å². The van der Waals surface area contributed by atoms with Crippen molar-refractivity contribution in [3.63, 3.8) is 0 Å². The van der Waals surface area contributed by atoms with Crippen molar-refractivity contribution in [2.45, 2.75) is 6.18 Å². The van der Waals surface area contributed by atoms with Crippen molar-refractivity contribution < 1.29 is 22.3 Å². The summed E-state index contributed by atoms with van der Waals surface area (Å²) in [6.45, 7) is -1.58. The van der Waals surface area contributed by atoms with Gasteiger partial charge in [0.25, 0.3) is 0 Å². The Labute approximate surface area is 96.6 Å². The number of nitriles is 1. The van der Waals surface area contributed by atoms with Crippen molar-refractivity contribution in [2.24, 2.45) is 0 Å². The number of benzene rings is 1. The Kier molecular flexibility index (Phi) is 3.75. The molecule has 7 heteroatoms. The van der Waals surface area contributed by atoms with Crippen LogP contribution < -0.4 is 4.74 Å². The minimum Gasteiger partial charge on any atom is -0.481 e. The van der Waals surface area contributed by atoms with E-state index in [1.54, 1.807) is 6.07 Å². The third kappa shape index (κ3) is 3.10. The van der Waals surface area contributed by atoms with Crippen LogP contribution in [0.4, 0.5) is 17.6 Å². The van der Waals surface area contributed by atoms with E-state index in [1.807, 2.05) is 0 Å². The lowest BCUT2D eigenvalue weighted by Crippen LogP contribution is -2.19. The fourth-order valence-electron chi connectivity index (χ4n) is 0.889.